The van der Waals surface area contributed by atoms with E-state index < -0.39 is 6.10 Å². The zero-order valence-corrected chi connectivity index (χ0v) is 12.2. The predicted octanol–water partition coefficient (Wildman–Crippen LogP) is 2.39. The fourth-order valence-corrected chi connectivity index (χ4v) is 2.73. The lowest BCUT2D eigenvalue weighted by atomic mass is 9.88. The van der Waals surface area contributed by atoms with Crippen LogP contribution < -0.4 is 9.47 Å². The van der Waals surface area contributed by atoms with Crippen LogP contribution in [0.4, 0.5) is 0 Å². The van der Waals surface area contributed by atoms with E-state index >= 15 is 0 Å². The molecule has 1 heterocycles. The van der Waals surface area contributed by atoms with Crippen LogP contribution in [0.25, 0.3) is 0 Å². The largest absolute Gasteiger partial charge is 0.508 e. The number of ether oxygens (including phenoxy) is 2. The molecule has 1 aliphatic heterocycles. The Morgan fingerprint density at radius 3 is 2.73 bits per heavy atom. The highest BCUT2D eigenvalue weighted by molar-refractivity contribution is 5.44. The van der Waals surface area contributed by atoms with Gasteiger partial charge in [-0.1, -0.05) is 6.07 Å². The number of methoxy groups -OCH3 is 1. The minimum absolute atomic E-state index is 0.109. The summed E-state index contributed by atoms with van der Waals surface area (Å²) in [6, 6.07) is 9.80. The highest BCUT2D eigenvalue weighted by Crippen LogP contribution is 2.39. The Bertz CT molecular complexity index is 683. The summed E-state index contributed by atoms with van der Waals surface area (Å²) in [4.78, 5) is 0. The molecule has 2 aromatic rings. The molecule has 0 saturated carbocycles. The van der Waals surface area contributed by atoms with E-state index in [1.807, 2.05) is 0 Å². The Morgan fingerprint density at radius 1 is 1.18 bits per heavy atom. The average Bonchev–Trinajstić information content (AvgIpc) is 2.51. The van der Waals surface area contributed by atoms with Gasteiger partial charge in [0.15, 0.2) is 0 Å². The number of hydrogen-bond acceptors (Lipinski definition) is 5. The van der Waals surface area contributed by atoms with Gasteiger partial charge in [0.25, 0.3) is 0 Å². The van der Waals surface area contributed by atoms with Crippen molar-refractivity contribution in [1.82, 2.24) is 0 Å². The van der Waals surface area contributed by atoms with Crippen molar-refractivity contribution in [2.24, 2.45) is 5.92 Å². The number of aromatic hydroxyl groups is 2. The van der Waals surface area contributed by atoms with Crippen molar-refractivity contribution in [2.45, 2.75) is 12.5 Å². The number of fused-ring (bicyclic) bond motifs is 1. The molecule has 0 fully saturated rings. The molecule has 0 amide bonds. The van der Waals surface area contributed by atoms with Crippen LogP contribution in [-0.4, -0.2) is 29.0 Å². The minimum Gasteiger partial charge on any atom is -0.508 e. The third-order valence-corrected chi connectivity index (χ3v) is 3.99. The molecule has 22 heavy (non-hydrogen) atoms. The maximum absolute atomic E-state index is 10.5. The van der Waals surface area contributed by atoms with Crippen molar-refractivity contribution in [3.63, 3.8) is 0 Å². The third-order valence-electron chi connectivity index (χ3n) is 3.99. The molecular formula is C17H18O5. The number of rotatable bonds is 3. The number of hydrogen-bond donors (Lipinski definition) is 3. The summed E-state index contributed by atoms with van der Waals surface area (Å²) in [5.41, 5.74) is 1.39. The first-order chi connectivity index (χ1) is 10.6. The molecular weight excluding hydrogens is 284 g/mol. The van der Waals surface area contributed by atoms with Gasteiger partial charge >= 0.3 is 0 Å². The fourth-order valence-electron chi connectivity index (χ4n) is 2.73. The first kappa shape index (κ1) is 14.5. The van der Waals surface area contributed by atoms with Crippen molar-refractivity contribution in [3.05, 3.63) is 47.5 Å². The average molecular weight is 302 g/mol. The van der Waals surface area contributed by atoms with Gasteiger partial charge in [0.1, 0.15) is 23.0 Å². The second-order valence-electron chi connectivity index (χ2n) is 5.44. The number of aliphatic hydroxyl groups excluding tert-OH is 1. The Balaban J connectivity index is 1.81. The normalized spacial score (nSPS) is 20.1. The van der Waals surface area contributed by atoms with E-state index in [0.717, 1.165) is 5.56 Å². The van der Waals surface area contributed by atoms with Crippen molar-refractivity contribution >= 4 is 0 Å². The summed E-state index contributed by atoms with van der Waals surface area (Å²) in [6.07, 6.45) is -0.219. The summed E-state index contributed by atoms with van der Waals surface area (Å²) >= 11 is 0. The van der Waals surface area contributed by atoms with Crippen LogP contribution in [0.5, 0.6) is 23.0 Å². The van der Waals surface area contributed by atoms with Crippen molar-refractivity contribution in [3.8, 4) is 23.0 Å². The van der Waals surface area contributed by atoms with Crippen LogP contribution in [0, 0.1) is 5.92 Å². The number of benzene rings is 2. The second kappa shape index (κ2) is 5.77. The smallest absolute Gasteiger partial charge is 0.128 e. The maximum atomic E-state index is 10.5. The molecule has 0 spiro atoms. The van der Waals surface area contributed by atoms with Gasteiger partial charge in [0, 0.05) is 23.6 Å². The lowest BCUT2D eigenvalue weighted by molar-refractivity contribution is 0.0504. The molecule has 116 valence electrons. The Hall–Kier alpha value is -2.40. The molecule has 2 unspecified atom stereocenters. The molecule has 2 atom stereocenters. The molecule has 0 aromatic heterocycles. The quantitative estimate of drug-likeness (QED) is 0.811. The first-order valence-electron chi connectivity index (χ1n) is 7.08. The van der Waals surface area contributed by atoms with E-state index in [2.05, 4.69) is 0 Å². The monoisotopic (exact) mass is 302 g/mol. The standard InChI is InChI=1S/C17H18O5/c1-21-13-4-2-10(15(19)8-13)6-11-9-22-16-7-12(18)3-5-14(16)17(11)20/h2-5,7-8,11,17-20H,6,9H2,1H3. The summed E-state index contributed by atoms with van der Waals surface area (Å²) in [7, 11) is 1.54. The molecule has 1 aliphatic rings. The van der Waals surface area contributed by atoms with Crippen molar-refractivity contribution in [2.75, 3.05) is 13.7 Å². The van der Waals surface area contributed by atoms with Crippen LogP contribution in [0.3, 0.4) is 0 Å². The second-order valence-corrected chi connectivity index (χ2v) is 5.44. The van der Waals surface area contributed by atoms with E-state index in [0.29, 0.717) is 30.1 Å². The van der Waals surface area contributed by atoms with Crippen LogP contribution in [0.15, 0.2) is 36.4 Å². The molecule has 0 bridgehead atoms. The lowest BCUT2D eigenvalue weighted by Gasteiger charge is -2.30. The molecule has 5 nitrogen and oxygen atoms in total. The van der Waals surface area contributed by atoms with E-state index in [4.69, 9.17) is 9.47 Å². The van der Waals surface area contributed by atoms with Gasteiger partial charge in [-0.2, -0.15) is 0 Å². The predicted molar refractivity (Wildman–Crippen MR) is 80.4 cm³/mol. The fraction of sp³-hybridized carbons (Fsp3) is 0.294. The molecule has 0 saturated heterocycles. The number of phenols is 2. The minimum atomic E-state index is -0.703. The van der Waals surface area contributed by atoms with Gasteiger partial charge in [0.2, 0.25) is 0 Å². The van der Waals surface area contributed by atoms with E-state index in [1.165, 1.54) is 12.1 Å². The van der Waals surface area contributed by atoms with Crippen molar-refractivity contribution in [1.29, 1.82) is 0 Å². The van der Waals surface area contributed by atoms with Gasteiger partial charge < -0.3 is 24.8 Å². The summed E-state index contributed by atoms with van der Waals surface area (Å²) in [5, 5.41) is 30.0. The van der Waals surface area contributed by atoms with Crippen LogP contribution in [0.2, 0.25) is 0 Å². The van der Waals surface area contributed by atoms with E-state index in [-0.39, 0.29) is 17.4 Å². The summed E-state index contributed by atoms with van der Waals surface area (Å²) < 4.78 is 10.7. The van der Waals surface area contributed by atoms with Gasteiger partial charge in [0.05, 0.1) is 19.8 Å². The van der Waals surface area contributed by atoms with Gasteiger partial charge in [-0.15, -0.1) is 0 Å². The summed E-state index contributed by atoms with van der Waals surface area (Å²) in [5.74, 6) is 1.17. The highest BCUT2D eigenvalue weighted by atomic mass is 16.5. The van der Waals surface area contributed by atoms with Crippen LogP contribution >= 0.6 is 0 Å². The molecule has 0 aliphatic carbocycles. The molecule has 2 aromatic carbocycles. The Kier molecular flexibility index (Phi) is 3.81. The molecule has 3 N–H and O–H groups in total. The number of aliphatic hydroxyl groups is 1. The van der Waals surface area contributed by atoms with Gasteiger partial charge in [-0.3, -0.25) is 0 Å². The molecule has 0 radical (unpaired) electrons. The SMILES string of the molecule is COc1ccc(CC2COc3cc(O)ccc3C2O)c(O)c1. The topological polar surface area (TPSA) is 79.2 Å². The zero-order chi connectivity index (χ0) is 15.7. The van der Waals surface area contributed by atoms with Gasteiger partial charge in [-0.05, 0) is 30.2 Å². The molecule has 5 heteroatoms. The van der Waals surface area contributed by atoms with Crippen LogP contribution in [-0.2, 0) is 6.42 Å². The zero-order valence-electron chi connectivity index (χ0n) is 12.2. The maximum Gasteiger partial charge on any atom is 0.128 e. The highest BCUT2D eigenvalue weighted by Gasteiger charge is 2.30. The number of phenolic OH excluding ortho intramolecular Hbond substituents is 2. The first-order valence-corrected chi connectivity index (χ1v) is 7.08. The third kappa shape index (κ3) is 2.67. The Morgan fingerprint density at radius 2 is 2.00 bits per heavy atom. The lowest BCUT2D eigenvalue weighted by Crippen LogP contribution is -2.27. The van der Waals surface area contributed by atoms with Crippen molar-refractivity contribution < 1.29 is 24.8 Å². The van der Waals surface area contributed by atoms with Crippen LogP contribution in [0.1, 0.15) is 17.2 Å². The summed E-state index contributed by atoms with van der Waals surface area (Å²) in [6.45, 7) is 0.323. The van der Waals surface area contributed by atoms with E-state index in [9.17, 15) is 15.3 Å². The molecule has 3 rings (SSSR count). The van der Waals surface area contributed by atoms with Gasteiger partial charge in [-0.25, -0.2) is 0 Å². The Labute approximate surface area is 128 Å². The van der Waals surface area contributed by atoms with E-state index in [1.54, 1.807) is 31.4 Å².